The molecule has 0 saturated heterocycles. The quantitative estimate of drug-likeness (QED) is 0.0607. The summed E-state index contributed by atoms with van der Waals surface area (Å²) in [5, 5.41) is 33.5. The number of carbonyl (C=O) groups is 1. The van der Waals surface area contributed by atoms with Crippen LogP contribution < -0.4 is 143 Å². The number of halogens is 1. The van der Waals surface area contributed by atoms with Gasteiger partial charge in [0.15, 0.2) is 0 Å². The van der Waals surface area contributed by atoms with Crippen molar-refractivity contribution in [3.8, 4) is 51.3 Å². The average Bonchev–Trinajstić information content (AvgIpc) is 3.28. The van der Waals surface area contributed by atoms with Crippen molar-refractivity contribution in [1.82, 2.24) is 15.0 Å². The Morgan fingerprint density at radius 3 is 1.51 bits per heavy atom. The topological polar surface area (TPSA) is 215 Å². The normalized spacial score (nSPS) is 8.70. The number of aromatic amines is 1. The number of aromatic nitrogens is 3. The maximum absolute atomic E-state index is 10.9. The zero-order chi connectivity index (χ0) is 43.1. The van der Waals surface area contributed by atoms with Crippen molar-refractivity contribution in [2.45, 2.75) is 14.4 Å². The molecule has 15 nitrogen and oxygen atoms in total. The predicted octanol–water partition coefficient (Wildman–Crippen LogP) is -0.766. The fourth-order valence-electron chi connectivity index (χ4n) is 4.15. The molecule has 318 valence electrons. The molecular formula is C42H51BBrK2N3O12. The summed E-state index contributed by atoms with van der Waals surface area (Å²) in [5.41, 5.74) is 4.44. The van der Waals surface area contributed by atoms with Gasteiger partial charge in [0.1, 0.15) is 17.2 Å². The molecule has 61 heavy (non-hydrogen) atoms. The van der Waals surface area contributed by atoms with Crippen LogP contribution in [0, 0.1) is 0 Å². The van der Waals surface area contributed by atoms with E-state index in [0.717, 1.165) is 38.2 Å². The molecule has 6 rings (SSSR count). The van der Waals surface area contributed by atoms with Crippen LogP contribution >= 0.6 is 15.9 Å². The Bertz CT molecular complexity index is 2060. The largest absolute Gasteiger partial charge is 1.00 e. The van der Waals surface area contributed by atoms with Crippen molar-refractivity contribution in [2.24, 2.45) is 0 Å². The Labute approximate surface area is 452 Å². The van der Waals surface area contributed by atoms with E-state index in [1.54, 1.807) is 90.4 Å². The first-order chi connectivity index (χ1) is 28.0. The van der Waals surface area contributed by atoms with E-state index in [2.05, 4.69) is 35.8 Å². The monoisotopic (exact) mass is 957 g/mol. The number of benzene rings is 3. The van der Waals surface area contributed by atoms with Crippen LogP contribution in [0.1, 0.15) is 15.8 Å². The first-order valence-electron chi connectivity index (χ1n) is 17.0. The number of methoxy groups -OCH3 is 5. The van der Waals surface area contributed by atoms with Gasteiger partial charge in [-0.05, 0) is 99.6 Å². The molecule has 0 amide bonds. The molecule has 19 heteroatoms. The van der Waals surface area contributed by atoms with Crippen molar-refractivity contribution in [2.75, 3.05) is 42.2 Å². The van der Waals surface area contributed by atoms with E-state index in [0.29, 0.717) is 23.0 Å². The Balaban J connectivity index is -0.000000343. The van der Waals surface area contributed by atoms with Crippen molar-refractivity contribution >= 4 is 35.0 Å². The third kappa shape index (κ3) is 27.0. The van der Waals surface area contributed by atoms with E-state index in [-0.39, 0.29) is 130 Å². The SMILES string of the molecule is C.CCO.COc1ccc(Br)cn1.COc1cccc(-c2ccc(=O)[nH]c2)c1.COc1cccc(-c2ccc(OC)nc2)c1.COc1cccc(B(O)O)c1.O=CO[O-].[H-].[K+].[K+]. The third-order valence-electron chi connectivity index (χ3n) is 6.88. The maximum Gasteiger partial charge on any atom is 1.00 e. The van der Waals surface area contributed by atoms with Gasteiger partial charge < -0.3 is 55.4 Å². The second-order valence-corrected chi connectivity index (χ2v) is 11.6. The standard InChI is InChI=1S/C13H13NO2.C12H11NO2.C7H9BO3.C6H6BrNO.C2H6O.CH2O3.CH4.2K.H/c1-15-12-5-3-4-10(8-12)11-6-7-13(16-2)14-9-11;1-15-11-4-2-3-9(7-11)10-5-6-12(14)13-8-10;1-11-7-4-2-3-6(5-7)8(9)10;1-9-6-3-2-5(7)4-8-6;1-2-3;2-1-4-3;;;;/h3-9H,1-2H3;2-8H,1H3,(H,13,14);2-5,9-10H,1H3;2-4H,1H3;3H,2H2,1H3;1,3H;1H4;;;/q;;;;;;;2*+1;-1/p-1. The van der Waals surface area contributed by atoms with Gasteiger partial charge in [-0.3, -0.25) is 9.59 Å². The van der Waals surface area contributed by atoms with Crippen LogP contribution in [0.3, 0.4) is 0 Å². The van der Waals surface area contributed by atoms with Gasteiger partial charge in [-0.25, -0.2) is 9.97 Å². The van der Waals surface area contributed by atoms with Crippen LogP contribution in [0.2, 0.25) is 0 Å². The summed E-state index contributed by atoms with van der Waals surface area (Å²) in [6, 6.07) is 33.0. The van der Waals surface area contributed by atoms with E-state index in [1.165, 1.54) is 13.2 Å². The fraction of sp³-hybridized carbons (Fsp3) is 0.190. The number of hydrogen-bond acceptors (Lipinski definition) is 14. The van der Waals surface area contributed by atoms with Crippen molar-refractivity contribution in [3.63, 3.8) is 0 Å². The van der Waals surface area contributed by atoms with Gasteiger partial charge in [0, 0.05) is 53.4 Å². The average molecular weight is 959 g/mol. The number of carbonyl (C=O) groups excluding carboxylic acids is 1. The molecular weight excluding hydrogens is 907 g/mol. The number of hydrogen-bond donors (Lipinski definition) is 4. The Hall–Kier alpha value is -2.96. The van der Waals surface area contributed by atoms with Gasteiger partial charge in [-0.1, -0.05) is 43.8 Å². The Kier molecular flexibility index (Phi) is 39.5. The zero-order valence-corrected chi connectivity index (χ0v) is 42.6. The van der Waals surface area contributed by atoms with Crippen LogP contribution in [-0.4, -0.2) is 85.9 Å². The third-order valence-corrected chi connectivity index (χ3v) is 7.35. The summed E-state index contributed by atoms with van der Waals surface area (Å²) in [7, 11) is 6.59. The van der Waals surface area contributed by atoms with Gasteiger partial charge >= 0.3 is 110 Å². The molecule has 3 aromatic heterocycles. The number of rotatable bonds is 9. The molecule has 0 fully saturated rings. The molecule has 3 heterocycles. The minimum absolute atomic E-state index is 0. The van der Waals surface area contributed by atoms with E-state index in [9.17, 15) is 4.79 Å². The molecule has 0 unspecified atom stereocenters. The molecule has 0 bridgehead atoms. The first kappa shape index (κ1) is 62.3. The second-order valence-electron chi connectivity index (χ2n) is 10.7. The number of aliphatic hydroxyl groups excluding tert-OH is 1. The van der Waals surface area contributed by atoms with Gasteiger partial charge in [0.25, 0.3) is 6.47 Å². The fourth-order valence-corrected chi connectivity index (χ4v) is 4.39. The summed E-state index contributed by atoms with van der Waals surface area (Å²) in [4.78, 5) is 32.9. The smallest absolute Gasteiger partial charge is 1.00 e. The molecule has 4 N–H and O–H groups in total. The number of nitrogens with one attached hydrogen (secondary N) is 1. The molecule has 0 aliphatic carbocycles. The van der Waals surface area contributed by atoms with E-state index >= 15 is 0 Å². The Morgan fingerprint density at radius 2 is 1.13 bits per heavy atom. The van der Waals surface area contributed by atoms with Gasteiger partial charge in [-0.15, -0.1) is 0 Å². The molecule has 6 aromatic rings. The van der Waals surface area contributed by atoms with Crippen molar-refractivity contribution in [3.05, 3.63) is 143 Å². The molecule has 0 saturated carbocycles. The van der Waals surface area contributed by atoms with Crippen LogP contribution in [-0.2, 0) is 9.68 Å². The molecule has 0 atom stereocenters. The van der Waals surface area contributed by atoms with E-state index in [4.69, 9.17) is 48.9 Å². The number of aliphatic hydroxyl groups is 1. The van der Waals surface area contributed by atoms with Crippen molar-refractivity contribution in [1.29, 1.82) is 0 Å². The van der Waals surface area contributed by atoms with Crippen LogP contribution in [0.15, 0.2) is 137 Å². The summed E-state index contributed by atoms with van der Waals surface area (Å²) < 4.78 is 26.0. The summed E-state index contributed by atoms with van der Waals surface area (Å²) in [5.74, 6) is 3.52. The second kappa shape index (κ2) is 38.7. The maximum atomic E-state index is 10.9. The minimum Gasteiger partial charge on any atom is -1.00 e. The number of H-pyrrole nitrogens is 1. The summed E-state index contributed by atoms with van der Waals surface area (Å²) in [6.07, 6.45) is 5.17. The number of pyridine rings is 3. The summed E-state index contributed by atoms with van der Waals surface area (Å²) in [6.45, 7) is 1.75. The van der Waals surface area contributed by atoms with Crippen molar-refractivity contribution < 1.29 is 158 Å². The minimum atomic E-state index is -1.43. The first-order valence-corrected chi connectivity index (χ1v) is 17.8. The number of nitrogens with zero attached hydrogens (tertiary/aromatic N) is 2. The van der Waals surface area contributed by atoms with Gasteiger partial charge in [0.2, 0.25) is 17.3 Å². The van der Waals surface area contributed by atoms with Crippen LogP contribution in [0.25, 0.3) is 22.3 Å². The summed E-state index contributed by atoms with van der Waals surface area (Å²) >= 11 is 3.26. The molecule has 3 aromatic carbocycles. The Morgan fingerprint density at radius 1 is 0.689 bits per heavy atom. The van der Waals surface area contributed by atoms with Crippen LogP contribution in [0.4, 0.5) is 0 Å². The van der Waals surface area contributed by atoms with E-state index < -0.39 is 7.12 Å². The molecule has 0 aliphatic rings. The zero-order valence-electron chi connectivity index (χ0n) is 35.8. The molecule has 0 spiro atoms. The van der Waals surface area contributed by atoms with Gasteiger partial charge in [0.05, 0.1) is 35.5 Å². The molecule has 0 radical (unpaired) electrons. The van der Waals surface area contributed by atoms with Crippen LogP contribution in [0.5, 0.6) is 29.0 Å². The van der Waals surface area contributed by atoms with Gasteiger partial charge in [-0.2, -0.15) is 0 Å². The predicted molar refractivity (Wildman–Crippen MR) is 231 cm³/mol. The van der Waals surface area contributed by atoms with E-state index in [1.807, 2.05) is 66.7 Å². The number of ether oxygens (including phenoxy) is 5. The molecule has 0 aliphatic heterocycles.